The first-order valence-corrected chi connectivity index (χ1v) is 7.58. The van der Waals surface area contributed by atoms with Gasteiger partial charge in [0.05, 0.1) is 18.8 Å². The second-order valence-corrected chi connectivity index (χ2v) is 5.76. The minimum Gasteiger partial charge on any atom is -0.368 e. The molecule has 1 atom stereocenters. The molecular formula is C17H22N4O. The molecule has 1 aliphatic heterocycles. The van der Waals surface area contributed by atoms with Crippen molar-refractivity contribution in [3.63, 3.8) is 0 Å². The molecule has 2 aromatic heterocycles. The van der Waals surface area contributed by atoms with Gasteiger partial charge >= 0.3 is 0 Å². The third-order valence-corrected chi connectivity index (χ3v) is 3.81. The number of rotatable bonds is 3. The second kappa shape index (κ2) is 6.32. The van der Waals surface area contributed by atoms with E-state index in [-0.39, 0.29) is 6.10 Å². The van der Waals surface area contributed by atoms with Crippen LogP contribution in [0.2, 0.25) is 0 Å². The van der Waals surface area contributed by atoms with Crippen LogP contribution < -0.4 is 9.80 Å². The van der Waals surface area contributed by atoms with E-state index in [1.807, 2.05) is 56.3 Å². The van der Waals surface area contributed by atoms with Gasteiger partial charge < -0.3 is 14.5 Å². The third kappa shape index (κ3) is 3.20. The molecule has 0 bridgehead atoms. The predicted molar refractivity (Wildman–Crippen MR) is 88.4 cm³/mol. The lowest BCUT2D eigenvalue weighted by atomic mass is 10.2. The van der Waals surface area contributed by atoms with Crippen LogP contribution in [0.3, 0.4) is 0 Å². The summed E-state index contributed by atoms with van der Waals surface area (Å²) in [5.74, 6) is 1.96. The molecule has 0 saturated carbocycles. The zero-order valence-electron chi connectivity index (χ0n) is 13.4. The summed E-state index contributed by atoms with van der Waals surface area (Å²) in [6, 6.07) is 12.2. The van der Waals surface area contributed by atoms with Gasteiger partial charge in [-0.05, 0) is 31.2 Å². The van der Waals surface area contributed by atoms with Crippen molar-refractivity contribution in [1.29, 1.82) is 0 Å². The highest BCUT2D eigenvalue weighted by molar-refractivity contribution is 5.41. The lowest BCUT2D eigenvalue weighted by Gasteiger charge is -2.33. The Morgan fingerprint density at radius 2 is 1.95 bits per heavy atom. The number of aryl methyl sites for hydroxylation is 1. The summed E-state index contributed by atoms with van der Waals surface area (Å²) < 4.78 is 5.93. The molecule has 2 aromatic rings. The maximum absolute atomic E-state index is 5.93. The van der Waals surface area contributed by atoms with E-state index in [0.717, 1.165) is 36.1 Å². The molecule has 22 heavy (non-hydrogen) atoms. The lowest BCUT2D eigenvalue weighted by Crippen LogP contribution is -2.39. The van der Waals surface area contributed by atoms with Crippen molar-refractivity contribution in [3.05, 3.63) is 47.8 Å². The van der Waals surface area contributed by atoms with E-state index >= 15 is 0 Å². The second-order valence-electron chi connectivity index (χ2n) is 5.76. The molecule has 3 rings (SSSR count). The van der Waals surface area contributed by atoms with Gasteiger partial charge in [-0.3, -0.25) is 0 Å². The largest absolute Gasteiger partial charge is 0.368 e. The summed E-state index contributed by atoms with van der Waals surface area (Å²) >= 11 is 0. The Morgan fingerprint density at radius 1 is 1.14 bits per heavy atom. The number of pyridine rings is 2. The highest BCUT2D eigenvalue weighted by atomic mass is 16.5. The minimum absolute atomic E-state index is 0.0176. The van der Waals surface area contributed by atoms with E-state index < -0.39 is 0 Å². The molecule has 1 aliphatic rings. The van der Waals surface area contributed by atoms with Gasteiger partial charge in [0.15, 0.2) is 0 Å². The molecule has 0 aromatic carbocycles. The Morgan fingerprint density at radius 3 is 2.73 bits per heavy atom. The molecule has 5 nitrogen and oxygen atoms in total. The summed E-state index contributed by atoms with van der Waals surface area (Å²) in [4.78, 5) is 13.6. The summed E-state index contributed by atoms with van der Waals surface area (Å²) in [5.41, 5.74) is 2.01. The normalized spacial score (nSPS) is 18.3. The molecule has 3 heterocycles. The van der Waals surface area contributed by atoms with Gasteiger partial charge in [0.25, 0.3) is 0 Å². The Bertz CT molecular complexity index is 644. The van der Waals surface area contributed by atoms with Crippen LogP contribution in [0.4, 0.5) is 11.6 Å². The van der Waals surface area contributed by atoms with E-state index in [1.165, 1.54) is 0 Å². The molecular weight excluding hydrogens is 276 g/mol. The number of nitrogens with zero attached hydrogens (tertiary/aromatic N) is 4. The summed E-state index contributed by atoms with van der Waals surface area (Å²) in [6.45, 7) is 4.35. The number of morpholine rings is 1. The fourth-order valence-corrected chi connectivity index (χ4v) is 2.61. The Hall–Kier alpha value is -2.14. The Kier molecular flexibility index (Phi) is 4.24. The maximum Gasteiger partial charge on any atom is 0.128 e. The van der Waals surface area contributed by atoms with Crippen LogP contribution in [0, 0.1) is 6.92 Å². The third-order valence-electron chi connectivity index (χ3n) is 3.81. The van der Waals surface area contributed by atoms with Gasteiger partial charge in [-0.15, -0.1) is 0 Å². The van der Waals surface area contributed by atoms with Crippen molar-refractivity contribution in [2.45, 2.75) is 13.0 Å². The fraction of sp³-hybridized carbons (Fsp3) is 0.412. The number of ether oxygens (including phenoxy) is 1. The van der Waals surface area contributed by atoms with Crippen molar-refractivity contribution >= 4 is 11.6 Å². The molecule has 0 spiro atoms. The predicted octanol–water partition coefficient (Wildman–Crippen LogP) is 2.43. The fourth-order valence-electron chi connectivity index (χ4n) is 2.61. The molecule has 0 amide bonds. The molecule has 5 heteroatoms. The highest BCUT2D eigenvalue weighted by Crippen LogP contribution is 2.25. The summed E-state index contributed by atoms with van der Waals surface area (Å²) in [7, 11) is 3.99. The van der Waals surface area contributed by atoms with E-state index in [9.17, 15) is 0 Å². The van der Waals surface area contributed by atoms with Crippen LogP contribution in [0.25, 0.3) is 0 Å². The van der Waals surface area contributed by atoms with E-state index in [1.54, 1.807) is 0 Å². The Balaban J connectivity index is 1.79. The van der Waals surface area contributed by atoms with Crippen LogP contribution in [-0.2, 0) is 4.74 Å². The number of aromatic nitrogens is 2. The number of hydrogen-bond donors (Lipinski definition) is 0. The molecule has 0 radical (unpaired) electrons. The van der Waals surface area contributed by atoms with Crippen LogP contribution in [-0.4, -0.2) is 43.8 Å². The summed E-state index contributed by atoms with van der Waals surface area (Å²) in [5, 5.41) is 0. The quantitative estimate of drug-likeness (QED) is 0.870. The van der Waals surface area contributed by atoms with Gasteiger partial charge in [0.1, 0.15) is 17.7 Å². The van der Waals surface area contributed by atoms with Crippen molar-refractivity contribution in [2.75, 3.05) is 43.6 Å². The Labute approximate surface area is 131 Å². The first-order chi connectivity index (χ1) is 10.6. The van der Waals surface area contributed by atoms with Crippen molar-refractivity contribution in [2.24, 2.45) is 0 Å². The van der Waals surface area contributed by atoms with Crippen LogP contribution >= 0.6 is 0 Å². The molecule has 1 fully saturated rings. The average molecular weight is 298 g/mol. The summed E-state index contributed by atoms with van der Waals surface area (Å²) in [6.07, 6.45) is -0.0176. The zero-order chi connectivity index (χ0) is 15.5. The van der Waals surface area contributed by atoms with Gasteiger partial charge in [0.2, 0.25) is 0 Å². The molecule has 0 N–H and O–H groups in total. The molecule has 116 valence electrons. The first kappa shape index (κ1) is 14.8. The molecule has 0 aliphatic carbocycles. The monoisotopic (exact) mass is 298 g/mol. The minimum atomic E-state index is -0.0176. The number of anilines is 2. The SMILES string of the molecule is Cc1cccc(N2CCO[C@H](c3cccc(N(C)C)n3)C2)n1. The van der Waals surface area contributed by atoms with Gasteiger partial charge in [-0.2, -0.15) is 0 Å². The first-order valence-electron chi connectivity index (χ1n) is 7.58. The van der Waals surface area contributed by atoms with Gasteiger partial charge in [-0.1, -0.05) is 12.1 Å². The van der Waals surface area contributed by atoms with Crippen LogP contribution in [0.15, 0.2) is 36.4 Å². The van der Waals surface area contributed by atoms with Crippen molar-refractivity contribution in [1.82, 2.24) is 9.97 Å². The lowest BCUT2D eigenvalue weighted by molar-refractivity contribution is 0.0368. The van der Waals surface area contributed by atoms with Gasteiger partial charge in [-0.25, -0.2) is 9.97 Å². The highest BCUT2D eigenvalue weighted by Gasteiger charge is 2.24. The molecule has 1 saturated heterocycles. The van der Waals surface area contributed by atoms with E-state index in [2.05, 4.69) is 16.0 Å². The van der Waals surface area contributed by atoms with Crippen LogP contribution in [0.5, 0.6) is 0 Å². The molecule has 0 unspecified atom stereocenters. The standard InChI is InChI=1S/C17H22N4O/c1-13-6-4-9-17(18-13)21-10-11-22-15(12-21)14-7-5-8-16(19-14)20(2)3/h4-9,15H,10-12H2,1-3H3/t15-/m0/s1. The van der Waals surface area contributed by atoms with E-state index in [4.69, 9.17) is 9.72 Å². The zero-order valence-corrected chi connectivity index (χ0v) is 13.4. The smallest absolute Gasteiger partial charge is 0.128 e. The maximum atomic E-state index is 5.93. The van der Waals surface area contributed by atoms with Crippen molar-refractivity contribution < 1.29 is 4.74 Å². The topological polar surface area (TPSA) is 41.5 Å². The number of hydrogen-bond acceptors (Lipinski definition) is 5. The average Bonchev–Trinajstić information content (AvgIpc) is 2.55. The van der Waals surface area contributed by atoms with Crippen LogP contribution in [0.1, 0.15) is 17.5 Å². The van der Waals surface area contributed by atoms with Crippen molar-refractivity contribution in [3.8, 4) is 0 Å². The van der Waals surface area contributed by atoms with Gasteiger partial charge in [0, 0.05) is 26.3 Å². The van der Waals surface area contributed by atoms with E-state index in [0.29, 0.717) is 6.61 Å².